The quantitative estimate of drug-likeness (QED) is 0.608. The molecule has 0 atom stereocenters. The molecule has 0 aliphatic carbocycles. The number of hydrogen-bond donors (Lipinski definition) is 2. The second-order valence-corrected chi connectivity index (χ2v) is 8.74. The molecule has 1 aromatic carbocycles. The summed E-state index contributed by atoms with van der Waals surface area (Å²) in [4.78, 5) is 6.13. The van der Waals surface area contributed by atoms with Crippen molar-refractivity contribution < 1.29 is 9.47 Å². The van der Waals surface area contributed by atoms with E-state index >= 15 is 0 Å². The van der Waals surface area contributed by atoms with Gasteiger partial charge in [-0.2, -0.15) is 5.10 Å². The Bertz CT molecular complexity index is 973. The van der Waals surface area contributed by atoms with Gasteiger partial charge in [-0.3, -0.25) is 5.10 Å². The lowest BCUT2D eigenvalue weighted by Gasteiger charge is -2.20. The molecule has 0 amide bonds. The van der Waals surface area contributed by atoms with Crippen LogP contribution in [-0.4, -0.2) is 42.5 Å². The largest absolute Gasteiger partial charge is 0.493 e. The Morgan fingerprint density at radius 1 is 1.10 bits per heavy atom. The van der Waals surface area contributed by atoms with E-state index in [9.17, 15) is 0 Å². The third-order valence-corrected chi connectivity index (χ3v) is 6.69. The predicted molar refractivity (Wildman–Crippen MR) is 117 cm³/mol. The molecule has 154 valence electrons. The van der Waals surface area contributed by atoms with Crippen LogP contribution < -0.4 is 14.8 Å². The number of piperidine rings is 1. The number of nitrogens with one attached hydrogen (secondary N) is 2. The first-order chi connectivity index (χ1) is 14.1. The van der Waals surface area contributed by atoms with E-state index in [1.165, 1.54) is 23.3 Å². The monoisotopic (exact) mass is 412 g/mol. The van der Waals surface area contributed by atoms with E-state index in [0.29, 0.717) is 23.3 Å². The van der Waals surface area contributed by atoms with Gasteiger partial charge in [0.1, 0.15) is 5.01 Å². The molecule has 29 heavy (non-hydrogen) atoms. The van der Waals surface area contributed by atoms with E-state index in [0.717, 1.165) is 35.0 Å². The molecule has 2 N–H and O–H groups in total. The van der Waals surface area contributed by atoms with E-state index in [4.69, 9.17) is 14.5 Å². The number of rotatable bonds is 6. The summed E-state index contributed by atoms with van der Waals surface area (Å²) in [5.74, 6) is 2.33. The van der Waals surface area contributed by atoms with Gasteiger partial charge in [0.2, 0.25) is 0 Å². The van der Waals surface area contributed by atoms with Gasteiger partial charge in [0.15, 0.2) is 11.5 Å². The minimum Gasteiger partial charge on any atom is -0.493 e. The average Bonchev–Trinajstić information content (AvgIpc) is 3.41. The number of hydrogen-bond acceptors (Lipinski definition) is 6. The van der Waals surface area contributed by atoms with Crippen molar-refractivity contribution in [3.05, 3.63) is 34.8 Å². The van der Waals surface area contributed by atoms with Crippen LogP contribution in [-0.2, 0) is 0 Å². The summed E-state index contributed by atoms with van der Waals surface area (Å²) < 4.78 is 10.9. The van der Waals surface area contributed by atoms with Crippen molar-refractivity contribution in [2.45, 2.75) is 38.5 Å². The van der Waals surface area contributed by atoms with Gasteiger partial charge in [0.25, 0.3) is 0 Å². The molecule has 1 aliphatic heterocycles. The zero-order valence-electron chi connectivity index (χ0n) is 17.4. The minimum atomic E-state index is 0.304. The van der Waals surface area contributed by atoms with Crippen LogP contribution in [0.15, 0.2) is 24.4 Å². The van der Waals surface area contributed by atoms with Crippen LogP contribution in [0.1, 0.15) is 49.0 Å². The van der Waals surface area contributed by atoms with E-state index in [2.05, 4.69) is 35.6 Å². The molecule has 0 radical (unpaired) electrons. The zero-order chi connectivity index (χ0) is 20.4. The van der Waals surface area contributed by atoms with Gasteiger partial charge in [0.05, 0.1) is 25.6 Å². The summed E-state index contributed by atoms with van der Waals surface area (Å²) in [6, 6.07) is 5.92. The normalized spacial score (nSPS) is 15.1. The number of nitrogens with zero attached hydrogens (tertiary/aromatic N) is 2. The number of benzene rings is 1. The van der Waals surface area contributed by atoms with Crippen LogP contribution in [0, 0.1) is 0 Å². The number of aromatic nitrogens is 3. The van der Waals surface area contributed by atoms with Crippen LogP contribution in [0.25, 0.3) is 22.0 Å². The van der Waals surface area contributed by atoms with E-state index in [1.54, 1.807) is 25.6 Å². The first-order valence-corrected chi connectivity index (χ1v) is 10.9. The van der Waals surface area contributed by atoms with Gasteiger partial charge >= 0.3 is 0 Å². The second kappa shape index (κ2) is 8.55. The Balaban J connectivity index is 1.72. The third kappa shape index (κ3) is 3.89. The summed E-state index contributed by atoms with van der Waals surface area (Å²) in [6.45, 7) is 6.56. The van der Waals surface area contributed by atoms with Gasteiger partial charge in [0, 0.05) is 22.2 Å². The highest BCUT2D eigenvalue weighted by atomic mass is 32.1. The van der Waals surface area contributed by atoms with E-state index in [-0.39, 0.29) is 0 Å². The third-order valence-electron chi connectivity index (χ3n) is 5.52. The van der Waals surface area contributed by atoms with Gasteiger partial charge in [-0.25, -0.2) is 4.98 Å². The topological polar surface area (TPSA) is 72.1 Å². The number of thiazole rings is 1. The highest BCUT2D eigenvalue weighted by Gasteiger charge is 2.24. The van der Waals surface area contributed by atoms with Crippen molar-refractivity contribution in [3.8, 4) is 33.5 Å². The van der Waals surface area contributed by atoms with E-state index < -0.39 is 0 Å². The van der Waals surface area contributed by atoms with Crippen molar-refractivity contribution in [2.75, 3.05) is 27.3 Å². The molecule has 3 heterocycles. The van der Waals surface area contributed by atoms with Crippen molar-refractivity contribution in [3.63, 3.8) is 0 Å². The molecule has 6 nitrogen and oxygen atoms in total. The predicted octanol–water partition coefficient (Wildman–Crippen LogP) is 4.81. The Morgan fingerprint density at radius 3 is 2.55 bits per heavy atom. The molecule has 7 heteroatoms. The Hall–Kier alpha value is -2.38. The van der Waals surface area contributed by atoms with Crippen LogP contribution in [0.5, 0.6) is 11.5 Å². The lowest BCUT2D eigenvalue weighted by molar-refractivity contribution is 0.355. The summed E-state index contributed by atoms with van der Waals surface area (Å²) in [5, 5.41) is 12.4. The van der Waals surface area contributed by atoms with Crippen molar-refractivity contribution in [1.82, 2.24) is 20.5 Å². The molecule has 0 unspecified atom stereocenters. The summed E-state index contributed by atoms with van der Waals surface area (Å²) >= 11 is 1.79. The van der Waals surface area contributed by atoms with Crippen LogP contribution >= 0.6 is 11.3 Å². The molecule has 2 aromatic heterocycles. The Kier molecular flexibility index (Phi) is 5.87. The van der Waals surface area contributed by atoms with Crippen LogP contribution in [0.2, 0.25) is 0 Å². The summed E-state index contributed by atoms with van der Waals surface area (Å²) in [5.41, 5.74) is 4.15. The minimum absolute atomic E-state index is 0.304. The number of methoxy groups -OCH3 is 2. The lowest BCUT2D eigenvalue weighted by atomic mass is 9.96. The highest BCUT2D eigenvalue weighted by molar-refractivity contribution is 7.15. The Labute approximate surface area is 175 Å². The molecule has 0 spiro atoms. The lowest BCUT2D eigenvalue weighted by Crippen LogP contribution is -2.26. The van der Waals surface area contributed by atoms with Crippen molar-refractivity contribution in [2.24, 2.45) is 0 Å². The molecule has 0 bridgehead atoms. The SMILES string of the molecule is COc1ccc(-c2n[nH]c(-c3ncc(C4CCNCC4)s3)c2C(C)C)cc1OC. The van der Waals surface area contributed by atoms with Crippen LogP contribution in [0.4, 0.5) is 0 Å². The standard InChI is InChI=1S/C22H28N4O2S/c1-13(2)19-20(15-5-6-16(27-3)17(11-15)28-4)25-26-21(19)22-24-12-18(29-22)14-7-9-23-10-8-14/h5-6,11-14,23H,7-10H2,1-4H3,(H,25,26). The molecule has 1 fully saturated rings. The van der Waals surface area contributed by atoms with E-state index in [1.807, 2.05) is 18.2 Å². The Morgan fingerprint density at radius 2 is 1.86 bits per heavy atom. The second-order valence-electron chi connectivity index (χ2n) is 7.68. The first kappa shape index (κ1) is 19.9. The van der Waals surface area contributed by atoms with Gasteiger partial charge < -0.3 is 14.8 Å². The number of ether oxygens (including phenoxy) is 2. The van der Waals surface area contributed by atoms with Crippen molar-refractivity contribution in [1.29, 1.82) is 0 Å². The summed E-state index contributed by atoms with van der Waals surface area (Å²) in [6.07, 6.45) is 4.41. The maximum absolute atomic E-state index is 5.48. The highest BCUT2D eigenvalue weighted by Crippen LogP contribution is 2.41. The molecule has 4 rings (SSSR count). The van der Waals surface area contributed by atoms with Crippen molar-refractivity contribution >= 4 is 11.3 Å². The van der Waals surface area contributed by atoms with Gasteiger partial charge in [-0.05, 0) is 56.0 Å². The molecule has 3 aromatic rings. The smallest absolute Gasteiger partial charge is 0.161 e. The molecule has 1 saturated heterocycles. The summed E-state index contributed by atoms with van der Waals surface area (Å²) in [7, 11) is 3.30. The molecule has 1 aliphatic rings. The maximum atomic E-state index is 5.48. The molecule has 0 saturated carbocycles. The zero-order valence-corrected chi connectivity index (χ0v) is 18.2. The molecular formula is C22H28N4O2S. The molecular weight excluding hydrogens is 384 g/mol. The average molecular weight is 413 g/mol. The van der Waals surface area contributed by atoms with Crippen LogP contribution in [0.3, 0.4) is 0 Å². The maximum Gasteiger partial charge on any atom is 0.161 e. The number of aromatic amines is 1. The number of H-pyrrole nitrogens is 1. The fourth-order valence-corrected chi connectivity index (χ4v) is 5.07. The fourth-order valence-electron chi connectivity index (χ4n) is 3.98. The van der Waals surface area contributed by atoms with Gasteiger partial charge in [-0.15, -0.1) is 11.3 Å². The van der Waals surface area contributed by atoms with Gasteiger partial charge in [-0.1, -0.05) is 13.8 Å². The fraction of sp³-hybridized carbons (Fsp3) is 0.455. The first-order valence-electron chi connectivity index (χ1n) is 10.1.